The van der Waals surface area contributed by atoms with Crippen molar-refractivity contribution in [1.82, 2.24) is 9.78 Å². The van der Waals surface area contributed by atoms with Crippen molar-refractivity contribution in [3.63, 3.8) is 0 Å². The molecule has 0 aliphatic carbocycles. The first-order valence-electron chi connectivity index (χ1n) is 5.30. The van der Waals surface area contributed by atoms with Crippen LogP contribution in [0.4, 0.5) is 0 Å². The highest BCUT2D eigenvalue weighted by Gasteiger charge is 2.34. The van der Waals surface area contributed by atoms with Gasteiger partial charge < -0.3 is 5.11 Å². The average molecular weight is 274 g/mol. The molecule has 18 heavy (non-hydrogen) atoms. The summed E-state index contributed by atoms with van der Waals surface area (Å²) in [6.45, 7) is 4.57. The van der Waals surface area contributed by atoms with Crippen LogP contribution in [0.15, 0.2) is 6.20 Å². The van der Waals surface area contributed by atoms with E-state index in [1.54, 1.807) is 6.92 Å². The summed E-state index contributed by atoms with van der Waals surface area (Å²) >= 11 is 0. The third-order valence-corrected chi connectivity index (χ3v) is 4.39. The highest BCUT2D eigenvalue weighted by molar-refractivity contribution is 8.07. The van der Waals surface area contributed by atoms with Crippen LogP contribution in [-0.2, 0) is 16.4 Å². The van der Waals surface area contributed by atoms with Gasteiger partial charge in [0.1, 0.15) is 11.3 Å². The maximum absolute atomic E-state index is 12.0. The molecule has 1 aromatic rings. The Bertz CT molecular complexity index is 585. The van der Waals surface area contributed by atoms with Gasteiger partial charge in [0.2, 0.25) is 9.84 Å². The minimum atomic E-state index is -4.05. The van der Waals surface area contributed by atoms with E-state index in [2.05, 4.69) is 5.10 Å². The summed E-state index contributed by atoms with van der Waals surface area (Å²) in [7, 11) is -4.05. The van der Waals surface area contributed by atoms with Crippen molar-refractivity contribution in [2.24, 2.45) is 0 Å². The lowest BCUT2D eigenvalue weighted by Crippen LogP contribution is -2.27. The molecule has 8 heteroatoms. The van der Waals surface area contributed by atoms with Gasteiger partial charge in [-0.25, -0.2) is 13.2 Å². The lowest BCUT2D eigenvalue weighted by molar-refractivity contribution is 0.0693. The molecule has 0 saturated heterocycles. The zero-order chi connectivity index (χ0) is 14.1. The summed E-state index contributed by atoms with van der Waals surface area (Å²) < 4.78 is 24.7. The zero-order valence-corrected chi connectivity index (χ0v) is 11.1. The number of carboxylic acids is 1. The minimum absolute atomic E-state index is 0.210. The smallest absolute Gasteiger partial charge is 0.339 e. The number of aromatic carboxylic acids is 1. The summed E-state index contributed by atoms with van der Waals surface area (Å²) in [5, 5.41) is 10.5. The number of hydrogen-bond acceptors (Lipinski definition) is 5. The Hall–Kier alpha value is -1.70. The average Bonchev–Trinajstić information content (AvgIpc) is 2.70. The number of sulfone groups is 1. The van der Waals surface area contributed by atoms with E-state index in [1.165, 1.54) is 13.8 Å². The van der Waals surface area contributed by atoms with E-state index >= 15 is 0 Å². The molecule has 0 aliphatic heterocycles. The molecule has 0 aromatic carbocycles. The molecule has 0 unspecified atom stereocenters. The molecule has 0 aliphatic rings. The number of carbonyl (C=O) groups excluding carboxylic acids is 1. The van der Waals surface area contributed by atoms with Crippen molar-refractivity contribution in [3.8, 4) is 0 Å². The van der Waals surface area contributed by atoms with Crippen molar-refractivity contribution in [3.05, 3.63) is 17.5 Å². The molecule has 0 bridgehead atoms. The van der Waals surface area contributed by atoms with Gasteiger partial charge in [-0.2, -0.15) is 5.10 Å². The topological polar surface area (TPSA) is 106 Å². The van der Waals surface area contributed by atoms with Gasteiger partial charge >= 0.3 is 5.97 Å². The minimum Gasteiger partial charge on any atom is -0.478 e. The maximum atomic E-state index is 12.0. The number of hydrogen-bond donors (Lipinski definition) is 1. The Labute approximate surface area is 104 Å². The van der Waals surface area contributed by atoms with Crippen LogP contribution >= 0.6 is 0 Å². The van der Waals surface area contributed by atoms with E-state index in [1.807, 2.05) is 0 Å². The molecule has 0 amide bonds. The molecule has 0 fully saturated rings. The fourth-order valence-electron chi connectivity index (χ4n) is 1.35. The lowest BCUT2D eigenvalue weighted by Gasteiger charge is -2.08. The van der Waals surface area contributed by atoms with Crippen LogP contribution in [-0.4, -0.2) is 39.6 Å². The molecule has 0 spiro atoms. The third kappa shape index (κ3) is 2.28. The first-order valence-corrected chi connectivity index (χ1v) is 6.85. The number of rotatable bonds is 4. The molecule has 0 radical (unpaired) electrons. The van der Waals surface area contributed by atoms with Crippen molar-refractivity contribution in [2.45, 2.75) is 32.6 Å². The Morgan fingerprint density at radius 2 is 2.00 bits per heavy atom. The van der Waals surface area contributed by atoms with E-state index in [-0.39, 0.29) is 6.54 Å². The van der Waals surface area contributed by atoms with Gasteiger partial charge in [0.05, 0.1) is 11.4 Å². The summed E-state index contributed by atoms with van der Waals surface area (Å²) in [5.41, 5.74) is -0.787. The van der Waals surface area contributed by atoms with Crippen molar-refractivity contribution in [2.75, 3.05) is 0 Å². The number of nitrogens with zero attached hydrogens (tertiary/aromatic N) is 2. The Morgan fingerprint density at radius 3 is 2.39 bits per heavy atom. The van der Waals surface area contributed by atoms with E-state index < -0.39 is 37.4 Å². The lowest BCUT2D eigenvalue weighted by atomic mass is 10.2. The van der Waals surface area contributed by atoms with E-state index in [0.717, 1.165) is 10.9 Å². The van der Waals surface area contributed by atoms with Gasteiger partial charge in [-0.05, 0) is 20.8 Å². The predicted molar refractivity (Wildman–Crippen MR) is 63.2 cm³/mol. The summed E-state index contributed by atoms with van der Waals surface area (Å²) in [5.74, 6) is -1.38. The second-order valence-electron chi connectivity index (χ2n) is 3.91. The monoisotopic (exact) mass is 274 g/mol. The molecule has 100 valence electrons. The first-order chi connectivity index (χ1) is 8.23. The highest BCUT2D eigenvalue weighted by atomic mass is 32.2. The molecule has 0 saturated carbocycles. The van der Waals surface area contributed by atoms with Crippen LogP contribution in [0.2, 0.25) is 0 Å². The normalized spacial score (nSPS) is 11.8. The fraction of sp³-hybridized carbons (Fsp3) is 0.500. The largest absolute Gasteiger partial charge is 0.478 e. The molecular weight excluding hydrogens is 260 g/mol. The molecule has 1 N–H and O–H groups in total. The number of carboxylic acid groups (broad SMARTS) is 1. The first kappa shape index (κ1) is 14.4. The molecular formula is C10H14N2O5S. The standard InChI is InChI=1S/C10H14N2O5S/c1-4-12-8(7(5-11-12)9(13)14)10(15)18(16,17)6(2)3/h5-6H,4H2,1-3H3,(H,13,14). The van der Waals surface area contributed by atoms with Gasteiger partial charge in [0, 0.05) is 6.54 Å². The van der Waals surface area contributed by atoms with Crippen LogP contribution in [0, 0.1) is 0 Å². The van der Waals surface area contributed by atoms with Gasteiger partial charge in [0.15, 0.2) is 0 Å². The zero-order valence-electron chi connectivity index (χ0n) is 10.2. The van der Waals surface area contributed by atoms with Crippen LogP contribution in [0.1, 0.15) is 41.6 Å². The summed E-state index contributed by atoms with van der Waals surface area (Å²) in [6.07, 6.45) is 0.981. The molecule has 1 heterocycles. The van der Waals surface area contributed by atoms with Gasteiger partial charge in [-0.15, -0.1) is 0 Å². The van der Waals surface area contributed by atoms with Gasteiger partial charge in [0.25, 0.3) is 5.12 Å². The maximum Gasteiger partial charge on any atom is 0.339 e. The fourth-order valence-corrected chi connectivity index (χ4v) is 2.26. The number of carbonyl (C=O) groups is 2. The van der Waals surface area contributed by atoms with Crippen molar-refractivity contribution >= 4 is 20.9 Å². The summed E-state index contributed by atoms with van der Waals surface area (Å²) in [4.78, 5) is 22.9. The Kier molecular flexibility index (Phi) is 3.90. The van der Waals surface area contributed by atoms with Crippen LogP contribution < -0.4 is 0 Å². The van der Waals surface area contributed by atoms with Crippen LogP contribution in [0.3, 0.4) is 0 Å². The van der Waals surface area contributed by atoms with E-state index in [0.29, 0.717) is 0 Å². The Morgan fingerprint density at radius 1 is 1.44 bits per heavy atom. The van der Waals surface area contributed by atoms with Gasteiger partial charge in [-0.3, -0.25) is 9.48 Å². The van der Waals surface area contributed by atoms with E-state index in [9.17, 15) is 18.0 Å². The predicted octanol–water partition coefficient (Wildman–Crippen LogP) is 0.565. The second kappa shape index (κ2) is 4.89. The van der Waals surface area contributed by atoms with Crippen LogP contribution in [0.25, 0.3) is 0 Å². The second-order valence-corrected chi connectivity index (χ2v) is 6.31. The molecule has 0 atom stereocenters. The molecule has 7 nitrogen and oxygen atoms in total. The van der Waals surface area contributed by atoms with Crippen molar-refractivity contribution in [1.29, 1.82) is 0 Å². The van der Waals surface area contributed by atoms with Gasteiger partial charge in [-0.1, -0.05) is 0 Å². The third-order valence-electron chi connectivity index (χ3n) is 2.44. The van der Waals surface area contributed by atoms with E-state index in [4.69, 9.17) is 5.11 Å². The van der Waals surface area contributed by atoms with Crippen LogP contribution in [0.5, 0.6) is 0 Å². The summed E-state index contributed by atoms with van der Waals surface area (Å²) in [6, 6.07) is 0. The SMILES string of the molecule is CCn1ncc(C(=O)O)c1C(=O)S(=O)(=O)C(C)C. The quantitative estimate of drug-likeness (QED) is 0.860. The molecule has 1 rings (SSSR count). The molecule has 1 aromatic heterocycles. The van der Waals surface area contributed by atoms with Crippen molar-refractivity contribution < 1.29 is 23.1 Å². The Balaban J connectivity index is 3.46. The number of aryl methyl sites for hydroxylation is 1. The number of aromatic nitrogens is 2. The highest BCUT2D eigenvalue weighted by Crippen LogP contribution is 2.16.